The van der Waals surface area contributed by atoms with Crippen molar-refractivity contribution in [1.82, 2.24) is 4.90 Å². The first-order chi connectivity index (χ1) is 7.91. The molecular weight excluding hydrogens is 278 g/mol. The highest BCUT2D eigenvalue weighted by molar-refractivity contribution is 9.10. The van der Waals surface area contributed by atoms with Gasteiger partial charge in [-0.15, -0.1) is 0 Å². The van der Waals surface area contributed by atoms with Crippen LogP contribution in [0.5, 0.6) is 0 Å². The quantitative estimate of drug-likeness (QED) is 0.831. The molecular formula is C14H20BrNO. The van der Waals surface area contributed by atoms with Crippen molar-refractivity contribution in [1.29, 1.82) is 0 Å². The monoisotopic (exact) mass is 297 g/mol. The summed E-state index contributed by atoms with van der Waals surface area (Å²) in [6.07, 6.45) is 0.476. The van der Waals surface area contributed by atoms with Gasteiger partial charge in [0.2, 0.25) is 5.91 Å². The Bertz CT molecular complexity index is 362. The summed E-state index contributed by atoms with van der Waals surface area (Å²) in [5.74, 6) is 0.192. The molecule has 0 aliphatic heterocycles. The number of carbonyl (C=O) groups excluding carboxylic acids is 1. The normalized spacial score (nSPS) is 11.0. The van der Waals surface area contributed by atoms with Gasteiger partial charge in [0.1, 0.15) is 0 Å². The topological polar surface area (TPSA) is 20.3 Å². The van der Waals surface area contributed by atoms with Crippen LogP contribution in [0.2, 0.25) is 0 Å². The van der Waals surface area contributed by atoms with E-state index in [1.165, 1.54) is 0 Å². The van der Waals surface area contributed by atoms with E-state index < -0.39 is 0 Å². The van der Waals surface area contributed by atoms with Gasteiger partial charge in [-0.25, -0.2) is 0 Å². The first-order valence-electron chi connectivity index (χ1n) is 5.97. The molecule has 0 aliphatic carbocycles. The lowest BCUT2D eigenvalue weighted by atomic mass is 10.1. The second-order valence-corrected chi connectivity index (χ2v) is 5.71. The van der Waals surface area contributed by atoms with Crippen molar-refractivity contribution < 1.29 is 4.79 Å². The maximum Gasteiger partial charge on any atom is 0.227 e. The van der Waals surface area contributed by atoms with E-state index in [0.29, 0.717) is 6.42 Å². The largest absolute Gasteiger partial charge is 0.338 e. The molecule has 1 aromatic carbocycles. The summed E-state index contributed by atoms with van der Waals surface area (Å²) in [5, 5.41) is 0. The molecule has 1 rings (SSSR count). The molecule has 0 unspecified atom stereocenters. The average Bonchev–Trinajstić information content (AvgIpc) is 2.20. The molecule has 0 saturated carbocycles. The maximum atomic E-state index is 12.2. The fourth-order valence-corrected chi connectivity index (χ4v) is 2.30. The van der Waals surface area contributed by atoms with Crippen LogP contribution in [0.1, 0.15) is 33.3 Å². The summed E-state index contributed by atoms with van der Waals surface area (Å²) in [6.45, 7) is 8.22. The molecule has 3 heteroatoms. The molecule has 0 aliphatic rings. The van der Waals surface area contributed by atoms with E-state index in [0.717, 1.165) is 10.0 Å². The standard InChI is InChI=1S/C14H20BrNO/c1-10(2)16(11(3)4)14(17)9-12-5-7-13(15)8-6-12/h5-8,10-11H,9H2,1-4H3. The SMILES string of the molecule is CC(C)N(C(=O)Cc1ccc(Br)cc1)C(C)C. The van der Waals surface area contributed by atoms with E-state index in [-0.39, 0.29) is 18.0 Å². The van der Waals surface area contributed by atoms with Gasteiger partial charge in [0, 0.05) is 16.6 Å². The zero-order chi connectivity index (χ0) is 13.0. The van der Waals surface area contributed by atoms with Crippen molar-refractivity contribution in [3.63, 3.8) is 0 Å². The average molecular weight is 298 g/mol. The van der Waals surface area contributed by atoms with Gasteiger partial charge < -0.3 is 4.90 Å². The Morgan fingerprint density at radius 3 is 2.00 bits per heavy atom. The Balaban J connectivity index is 2.73. The van der Waals surface area contributed by atoms with Gasteiger partial charge in [0.15, 0.2) is 0 Å². The molecule has 0 spiro atoms. The molecule has 1 aromatic rings. The third kappa shape index (κ3) is 4.15. The van der Waals surface area contributed by atoms with E-state index in [2.05, 4.69) is 43.6 Å². The number of hydrogen-bond acceptors (Lipinski definition) is 1. The van der Waals surface area contributed by atoms with Crippen molar-refractivity contribution in [2.45, 2.75) is 46.2 Å². The van der Waals surface area contributed by atoms with E-state index in [1.54, 1.807) is 0 Å². The lowest BCUT2D eigenvalue weighted by Crippen LogP contribution is -2.42. The second-order valence-electron chi connectivity index (χ2n) is 4.79. The molecule has 0 atom stereocenters. The molecule has 0 radical (unpaired) electrons. The summed E-state index contributed by atoms with van der Waals surface area (Å²) < 4.78 is 1.04. The molecule has 2 nitrogen and oxygen atoms in total. The van der Waals surface area contributed by atoms with Crippen LogP contribution in [0.4, 0.5) is 0 Å². The number of carbonyl (C=O) groups is 1. The third-order valence-corrected chi connectivity index (χ3v) is 3.20. The summed E-state index contributed by atoms with van der Waals surface area (Å²) in [5.41, 5.74) is 1.06. The Morgan fingerprint density at radius 1 is 1.12 bits per heavy atom. The Kier molecular flexibility index (Phi) is 5.19. The number of nitrogens with zero attached hydrogens (tertiary/aromatic N) is 1. The molecule has 1 amide bonds. The number of halogens is 1. The van der Waals surface area contributed by atoms with Crippen LogP contribution in [0.25, 0.3) is 0 Å². The fourth-order valence-electron chi connectivity index (χ4n) is 2.04. The minimum absolute atomic E-state index is 0.192. The summed E-state index contributed by atoms with van der Waals surface area (Å²) >= 11 is 3.39. The molecule has 0 bridgehead atoms. The highest BCUT2D eigenvalue weighted by atomic mass is 79.9. The smallest absolute Gasteiger partial charge is 0.227 e. The maximum absolute atomic E-state index is 12.2. The lowest BCUT2D eigenvalue weighted by Gasteiger charge is -2.30. The first-order valence-corrected chi connectivity index (χ1v) is 6.76. The van der Waals surface area contributed by atoms with Crippen molar-refractivity contribution in [2.75, 3.05) is 0 Å². The Morgan fingerprint density at radius 2 is 1.59 bits per heavy atom. The fraction of sp³-hybridized carbons (Fsp3) is 0.500. The summed E-state index contributed by atoms with van der Waals surface area (Å²) in [6, 6.07) is 8.41. The predicted molar refractivity (Wildman–Crippen MR) is 75.0 cm³/mol. The van der Waals surface area contributed by atoms with E-state index in [1.807, 2.05) is 29.2 Å². The van der Waals surface area contributed by atoms with Crippen LogP contribution >= 0.6 is 15.9 Å². The van der Waals surface area contributed by atoms with Gasteiger partial charge in [-0.2, -0.15) is 0 Å². The zero-order valence-electron chi connectivity index (χ0n) is 10.9. The minimum Gasteiger partial charge on any atom is -0.338 e. The Hall–Kier alpha value is -0.830. The van der Waals surface area contributed by atoms with E-state index in [4.69, 9.17) is 0 Å². The van der Waals surface area contributed by atoms with Gasteiger partial charge in [-0.3, -0.25) is 4.79 Å². The zero-order valence-corrected chi connectivity index (χ0v) is 12.5. The molecule has 0 heterocycles. The van der Waals surface area contributed by atoms with Gasteiger partial charge in [-0.05, 0) is 45.4 Å². The first kappa shape index (κ1) is 14.2. The molecule has 0 aromatic heterocycles. The number of benzene rings is 1. The molecule has 0 N–H and O–H groups in total. The van der Waals surface area contributed by atoms with Gasteiger partial charge >= 0.3 is 0 Å². The van der Waals surface area contributed by atoms with E-state index >= 15 is 0 Å². The lowest BCUT2D eigenvalue weighted by molar-refractivity contribution is -0.134. The highest BCUT2D eigenvalue weighted by Crippen LogP contribution is 2.13. The summed E-state index contributed by atoms with van der Waals surface area (Å²) in [4.78, 5) is 14.1. The number of hydrogen-bond donors (Lipinski definition) is 0. The van der Waals surface area contributed by atoms with Crippen LogP contribution in [-0.2, 0) is 11.2 Å². The van der Waals surface area contributed by atoms with Gasteiger partial charge in [0.05, 0.1) is 6.42 Å². The van der Waals surface area contributed by atoms with Gasteiger partial charge in [-0.1, -0.05) is 28.1 Å². The molecule has 94 valence electrons. The van der Waals surface area contributed by atoms with E-state index in [9.17, 15) is 4.79 Å². The second kappa shape index (κ2) is 6.20. The highest BCUT2D eigenvalue weighted by Gasteiger charge is 2.19. The summed E-state index contributed by atoms with van der Waals surface area (Å²) in [7, 11) is 0. The molecule has 17 heavy (non-hydrogen) atoms. The van der Waals surface area contributed by atoms with Crippen LogP contribution in [0.15, 0.2) is 28.7 Å². The van der Waals surface area contributed by atoms with Crippen LogP contribution in [-0.4, -0.2) is 22.9 Å². The Labute approximate surface area is 112 Å². The molecule has 0 saturated heterocycles. The minimum atomic E-state index is 0.192. The predicted octanol–water partition coefficient (Wildman–Crippen LogP) is 3.64. The van der Waals surface area contributed by atoms with Crippen molar-refractivity contribution >= 4 is 21.8 Å². The molecule has 0 fully saturated rings. The van der Waals surface area contributed by atoms with Crippen LogP contribution < -0.4 is 0 Å². The van der Waals surface area contributed by atoms with Crippen molar-refractivity contribution in [3.05, 3.63) is 34.3 Å². The van der Waals surface area contributed by atoms with Crippen LogP contribution in [0, 0.1) is 0 Å². The van der Waals surface area contributed by atoms with Crippen molar-refractivity contribution in [3.8, 4) is 0 Å². The van der Waals surface area contributed by atoms with Crippen molar-refractivity contribution in [2.24, 2.45) is 0 Å². The number of amides is 1. The number of rotatable bonds is 4. The van der Waals surface area contributed by atoms with Crippen LogP contribution in [0.3, 0.4) is 0 Å². The third-order valence-electron chi connectivity index (χ3n) is 2.67. The van der Waals surface area contributed by atoms with Gasteiger partial charge in [0.25, 0.3) is 0 Å².